The van der Waals surface area contributed by atoms with Crippen LogP contribution in [-0.4, -0.2) is 13.1 Å². The molecule has 0 radical (unpaired) electrons. The van der Waals surface area contributed by atoms with Gasteiger partial charge in [0.1, 0.15) is 0 Å². The van der Waals surface area contributed by atoms with Gasteiger partial charge in [-0.25, -0.2) is 0 Å². The van der Waals surface area contributed by atoms with Crippen molar-refractivity contribution in [3.05, 3.63) is 150 Å². The first-order chi connectivity index (χ1) is 22.9. The van der Waals surface area contributed by atoms with E-state index in [-0.39, 0.29) is 0 Å². The largest absolute Gasteiger partial charge is 0.341 e. The van der Waals surface area contributed by atoms with Gasteiger partial charge < -0.3 is 9.80 Å². The molecule has 46 heavy (non-hydrogen) atoms. The molecule has 0 aromatic heterocycles. The van der Waals surface area contributed by atoms with Crippen LogP contribution in [0.5, 0.6) is 0 Å². The van der Waals surface area contributed by atoms with Gasteiger partial charge >= 0.3 is 0 Å². The number of aryl methyl sites for hydroxylation is 2. The van der Waals surface area contributed by atoms with Crippen molar-refractivity contribution < 1.29 is 0 Å². The summed E-state index contributed by atoms with van der Waals surface area (Å²) in [6, 6.07) is 43.3. The van der Waals surface area contributed by atoms with Crippen LogP contribution in [-0.2, 0) is 12.8 Å². The van der Waals surface area contributed by atoms with Gasteiger partial charge in [0.25, 0.3) is 0 Å². The van der Waals surface area contributed by atoms with Crippen molar-refractivity contribution in [2.75, 3.05) is 22.9 Å². The van der Waals surface area contributed by atoms with E-state index in [0.29, 0.717) is 0 Å². The Labute approximate surface area is 271 Å². The summed E-state index contributed by atoms with van der Waals surface area (Å²) < 4.78 is 0. The standard InChI is InChI=1S/C44H38N2/c1-3-17-33(18-4-1)41-35-23-9-10-24-36(35)42(34-19-5-2-6-20-34)44-40(46-30-14-22-32-16-8-12-26-38(32)46)28-27-39(43(41)44)45-29-13-21-31-15-7-11-25-37(31)45/h1-5,7-12,15-19,23-28H,6,13-14,20-22,29-30H2. The normalized spacial score (nSPS) is 16.0. The number of rotatable bonds is 4. The molecule has 3 aliphatic rings. The van der Waals surface area contributed by atoms with E-state index in [1.54, 1.807) is 0 Å². The van der Waals surface area contributed by atoms with Crippen molar-refractivity contribution in [3.8, 4) is 11.1 Å². The Bertz CT molecular complexity index is 2170. The number of hydrogen-bond donors (Lipinski definition) is 0. The van der Waals surface area contributed by atoms with Crippen LogP contribution in [0.4, 0.5) is 22.7 Å². The van der Waals surface area contributed by atoms with Crippen LogP contribution in [0.25, 0.3) is 38.2 Å². The highest BCUT2D eigenvalue weighted by Crippen LogP contribution is 2.52. The van der Waals surface area contributed by atoms with Gasteiger partial charge in [-0.05, 0) is 107 Å². The quantitative estimate of drug-likeness (QED) is 0.187. The second-order valence-electron chi connectivity index (χ2n) is 12.9. The fraction of sp³-hybridized carbons (Fsp3) is 0.182. The zero-order chi connectivity index (χ0) is 30.5. The van der Waals surface area contributed by atoms with E-state index < -0.39 is 0 Å². The van der Waals surface area contributed by atoms with E-state index in [9.17, 15) is 0 Å². The molecule has 0 fully saturated rings. The number of hydrogen-bond acceptors (Lipinski definition) is 2. The average molecular weight is 595 g/mol. The SMILES string of the molecule is C1=CCCC(c2c3ccccc3c(-c3ccccc3)c3c(N4CCCc5ccccc54)ccc(N4CCCc5ccccc54)c23)=C1. The summed E-state index contributed by atoms with van der Waals surface area (Å²) in [7, 11) is 0. The molecule has 0 saturated carbocycles. The van der Waals surface area contributed by atoms with E-state index in [0.717, 1.165) is 51.6 Å². The number of allylic oxidation sites excluding steroid dienone is 4. The highest BCUT2D eigenvalue weighted by atomic mass is 15.2. The van der Waals surface area contributed by atoms with E-state index in [2.05, 4.69) is 143 Å². The van der Waals surface area contributed by atoms with Gasteiger partial charge in [0, 0.05) is 46.6 Å². The zero-order valence-corrected chi connectivity index (χ0v) is 26.3. The van der Waals surface area contributed by atoms with Gasteiger partial charge in [-0.2, -0.15) is 0 Å². The molecule has 0 atom stereocenters. The van der Waals surface area contributed by atoms with Crippen molar-refractivity contribution >= 4 is 49.9 Å². The van der Waals surface area contributed by atoms with E-state index in [1.807, 2.05) is 0 Å². The maximum Gasteiger partial charge on any atom is 0.0498 e. The first-order valence-corrected chi connectivity index (χ1v) is 17.0. The van der Waals surface area contributed by atoms with Crippen molar-refractivity contribution in [2.24, 2.45) is 0 Å². The van der Waals surface area contributed by atoms with Crippen LogP contribution >= 0.6 is 0 Å². The second-order valence-corrected chi connectivity index (χ2v) is 12.9. The molecule has 1 aliphatic carbocycles. The summed E-state index contributed by atoms with van der Waals surface area (Å²) in [6.45, 7) is 2.03. The third kappa shape index (κ3) is 4.39. The second kappa shape index (κ2) is 11.4. The molecule has 2 nitrogen and oxygen atoms in total. The lowest BCUT2D eigenvalue weighted by Crippen LogP contribution is -2.26. The summed E-state index contributed by atoms with van der Waals surface area (Å²) in [4.78, 5) is 5.25. The highest BCUT2D eigenvalue weighted by Gasteiger charge is 2.29. The van der Waals surface area contributed by atoms with Gasteiger partial charge in [0.15, 0.2) is 0 Å². The first-order valence-electron chi connectivity index (χ1n) is 17.0. The first kappa shape index (κ1) is 27.2. The molecule has 0 saturated heterocycles. The zero-order valence-electron chi connectivity index (χ0n) is 26.3. The summed E-state index contributed by atoms with van der Waals surface area (Å²) in [5.74, 6) is 0. The van der Waals surface area contributed by atoms with Crippen molar-refractivity contribution in [1.29, 1.82) is 0 Å². The van der Waals surface area contributed by atoms with Crippen molar-refractivity contribution in [2.45, 2.75) is 38.5 Å². The topological polar surface area (TPSA) is 6.48 Å². The fourth-order valence-corrected chi connectivity index (χ4v) is 8.34. The third-order valence-corrected chi connectivity index (χ3v) is 10.3. The van der Waals surface area contributed by atoms with Crippen LogP contribution in [0.2, 0.25) is 0 Å². The Morgan fingerprint density at radius 1 is 0.457 bits per heavy atom. The molecule has 0 N–H and O–H groups in total. The van der Waals surface area contributed by atoms with Gasteiger partial charge in [0.05, 0.1) is 0 Å². The molecule has 9 rings (SSSR count). The van der Waals surface area contributed by atoms with Crippen LogP contribution in [0.15, 0.2) is 133 Å². The fourth-order valence-electron chi connectivity index (χ4n) is 8.34. The lowest BCUT2D eigenvalue weighted by molar-refractivity contribution is 0.765. The summed E-state index contributed by atoms with van der Waals surface area (Å²) in [5.41, 5.74) is 13.7. The number of anilines is 4. The molecule has 224 valence electrons. The minimum absolute atomic E-state index is 1.01. The molecule has 2 aliphatic heterocycles. The van der Waals surface area contributed by atoms with Gasteiger partial charge in [-0.15, -0.1) is 0 Å². The van der Waals surface area contributed by atoms with Crippen molar-refractivity contribution in [3.63, 3.8) is 0 Å². The monoisotopic (exact) mass is 594 g/mol. The third-order valence-electron chi connectivity index (χ3n) is 10.3. The minimum atomic E-state index is 1.01. The number of nitrogens with zero attached hydrogens (tertiary/aromatic N) is 2. The highest BCUT2D eigenvalue weighted by molar-refractivity contribution is 6.25. The minimum Gasteiger partial charge on any atom is -0.341 e. The maximum absolute atomic E-state index is 2.63. The van der Waals surface area contributed by atoms with Crippen LogP contribution in [0.1, 0.15) is 42.4 Å². The Morgan fingerprint density at radius 2 is 1.00 bits per heavy atom. The molecule has 6 aromatic rings. The lowest BCUT2D eigenvalue weighted by atomic mass is 9.82. The molecule has 0 unspecified atom stereocenters. The maximum atomic E-state index is 2.63. The van der Waals surface area contributed by atoms with Crippen molar-refractivity contribution in [1.82, 2.24) is 0 Å². The summed E-state index contributed by atoms with van der Waals surface area (Å²) in [5, 5.41) is 5.43. The number of benzene rings is 6. The molecule has 0 bridgehead atoms. The summed E-state index contributed by atoms with van der Waals surface area (Å²) >= 11 is 0. The lowest BCUT2D eigenvalue weighted by Gasteiger charge is -2.37. The van der Waals surface area contributed by atoms with Gasteiger partial charge in [-0.3, -0.25) is 0 Å². The Hall–Kier alpha value is -5.08. The summed E-state index contributed by atoms with van der Waals surface area (Å²) in [6.07, 6.45) is 13.6. The van der Waals surface area contributed by atoms with E-state index in [1.165, 1.54) is 77.7 Å². The Balaban J connectivity index is 1.48. The predicted octanol–water partition coefficient (Wildman–Crippen LogP) is 11.6. The van der Waals surface area contributed by atoms with Gasteiger partial charge in [-0.1, -0.05) is 109 Å². The van der Waals surface area contributed by atoms with Crippen LogP contribution < -0.4 is 9.80 Å². The Morgan fingerprint density at radius 3 is 1.61 bits per heavy atom. The molecule has 2 heteroatoms. The molecule has 2 heterocycles. The van der Waals surface area contributed by atoms with Crippen LogP contribution in [0, 0.1) is 0 Å². The smallest absolute Gasteiger partial charge is 0.0498 e. The molecule has 0 spiro atoms. The average Bonchev–Trinajstić information content (AvgIpc) is 3.13. The Kier molecular flexibility index (Phi) is 6.74. The molecule has 0 amide bonds. The molecule has 6 aromatic carbocycles. The van der Waals surface area contributed by atoms with E-state index >= 15 is 0 Å². The van der Waals surface area contributed by atoms with Gasteiger partial charge in [0.2, 0.25) is 0 Å². The number of fused-ring (bicyclic) bond motifs is 4. The van der Waals surface area contributed by atoms with E-state index in [4.69, 9.17) is 0 Å². The predicted molar refractivity (Wildman–Crippen MR) is 197 cm³/mol. The molecular formula is C44H38N2. The molecular weight excluding hydrogens is 556 g/mol. The number of para-hydroxylation sites is 2. The van der Waals surface area contributed by atoms with Crippen LogP contribution in [0.3, 0.4) is 0 Å².